The lowest BCUT2D eigenvalue weighted by molar-refractivity contribution is 0.103. The van der Waals surface area contributed by atoms with Gasteiger partial charge < -0.3 is 14.8 Å². The zero-order valence-corrected chi connectivity index (χ0v) is 7.40. The number of benzene rings is 1. The van der Waals surface area contributed by atoms with E-state index in [1.54, 1.807) is 0 Å². The van der Waals surface area contributed by atoms with E-state index in [-0.39, 0.29) is 5.75 Å². The zero-order chi connectivity index (χ0) is 10.7. The van der Waals surface area contributed by atoms with Gasteiger partial charge in [-0.1, -0.05) is 0 Å². The molecule has 4 nitrogen and oxygen atoms in total. The molecule has 0 saturated carbocycles. The molecule has 0 saturated heterocycles. The van der Waals surface area contributed by atoms with Crippen LogP contribution in [0.25, 0.3) is 0 Å². The van der Waals surface area contributed by atoms with Crippen LogP contribution >= 0.6 is 0 Å². The molecule has 0 unspecified atom stereocenters. The van der Waals surface area contributed by atoms with E-state index in [1.807, 2.05) is 0 Å². The number of rotatable bonds is 3. The molecule has 0 spiro atoms. The molecule has 0 aromatic heterocycles. The molecule has 1 rings (SSSR count). The first-order chi connectivity index (χ1) is 6.56. The van der Waals surface area contributed by atoms with Crippen molar-refractivity contribution in [3.05, 3.63) is 29.6 Å². The Balaban J connectivity index is 3.12. The summed E-state index contributed by atoms with van der Waals surface area (Å²) in [6.45, 7) is 0. The van der Waals surface area contributed by atoms with Crippen molar-refractivity contribution in [2.75, 3.05) is 7.11 Å². The molecule has 0 heterocycles. The van der Waals surface area contributed by atoms with Crippen molar-refractivity contribution in [2.24, 2.45) is 0 Å². The Morgan fingerprint density at radius 3 is 2.64 bits per heavy atom. The van der Waals surface area contributed by atoms with Crippen molar-refractivity contribution in [1.29, 1.82) is 0 Å². The highest BCUT2D eigenvalue weighted by atomic mass is 19.1. The predicted molar refractivity (Wildman–Crippen MR) is 47.5 cm³/mol. The number of methoxy groups -OCH3 is 1. The summed E-state index contributed by atoms with van der Waals surface area (Å²) >= 11 is 0. The van der Waals surface area contributed by atoms with Crippen molar-refractivity contribution in [3.63, 3.8) is 0 Å². The average molecular weight is 198 g/mol. The van der Waals surface area contributed by atoms with Gasteiger partial charge in [-0.3, -0.25) is 4.79 Å². The minimum atomic E-state index is -2.21. The van der Waals surface area contributed by atoms with E-state index in [0.29, 0.717) is 0 Å². The number of ether oxygens (including phenoxy) is 1. The third-order valence-corrected chi connectivity index (χ3v) is 1.67. The van der Waals surface area contributed by atoms with Crippen LogP contribution in [-0.4, -0.2) is 30.0 Å². The molecule has 0 aliphatic carbocycles. The van der Waals surface area contributed by atoms with Crippen LogP contribution in [0.3, 0.4) is 0 Å². The SMILES string of the molecule is COc1ccc(F)c(C(=O)B(O)O)c1. The largest absolute Gasteiger partial charge is 0.532 e. The molecule has 0 fully saturated rings. The number of carbonyl (C=O) groups excluding carboxylic acids is 1. The minimum Gasteiger partial charge on any atom is -0.497 e. The van der Waals surface area contributed by atoms with Crippen LogP contribution in [-0.2, 0) is 0 Å². The highest BCUT2D eigenvalue weighted by Crippen LogP contribution is 2.17. The molecular weight excluding hydrogens is 190 g/mol. The molecule has 1 aromatic carbocycles. The Kier molecular flexibility index (Phi) is 3.21. The van der Waals surface area contributed by atoms with Crippen LogP contribution < -0.4 is 4.74 Å². The molecule has 6 heteroatoms. The lowest BCUT2D eigenvalue weighted by Gasteiger charge is -2.04. The van der Waals surface area contributed by atoms with Crippen molar-refractivity contribution >= 4 is 12.8 Å². The van der Waals surface area contributed by atoms with Crippen LogP contribution in [0.1, 0.15) is 10.4 Å². The Morgan fingerprint density at radius 1 is 1.50 bits per heavy atom. The van der Waals surface area contributed by atoms with Crippen LogP contribution in [0.5, 0.6) is 5.75 Å². The highest BCUT2D eigenvalue weighted by Gasteiger charge is 2.24. The van der Waals surface area contributed by atoms with Crippen molar-refractivity contribution in [1.82, 2.24) is 0 Å². The molecule has 74 valence electrons. The zero-order valence-electron chi connectivity index (χ0n) is 7.40. The summed E-state index contributed by atoms with van der Waals surface area (Å²) in [6, 6.07) is 3.46. The summed E-state index contributed by atoms with van der Waals surface area (Å²) in [4.78, 5) is 11.0. The predicted octanol–water partition coefficient (Wildman–Crippen LogP) is 0.0290. The van der Waals surface area contributed by atoms with Gasteiger partial charge >= 0.3 is 7.12 Å². The van der Waals surface area contributed by atoms with Gasteiger partial charge in [0.15, 0.2) is 5.68 Å². The maximum atomic E-state index is 13.0. The molecule has 14 heavy (non-hydrogen) atoms. The van der Waals surface area contributed by atoms with E-state index in [2.05, 4.69) is 0 Å². The molecule has 0 bridgehead atoms. The van der Waals surface area contributed by atoms with Crippen LogP contribution in [0.2, 0.25) is 0 Å². The number of halogens is 1. The quantitative estimate of drug-likeness (QED) is 0.672. The third kappa shape index (κ3) is 2.10. The fraction of sp³-hybridized carbons (Fsp3) is 0.125. The van der Waals surface area contributed by atoms with E-state index in [9.17, 15) is 9.18 Å². The Bertz CT molecular complexity index is 353. The Morgan fingerprint density at radius 2 is 2.14 bits per heavy atom. The highest BCUT2D eigenvalue weighted by molar-refractivity contribution is 6.81. The molecule has 0 aliphatic heterocycles. The molecule has 2 N–H and O–H groups in total. The summed E-state index contributed by atoms with van der Waals surface area (Å²) in [7, 11) is -0.853. The molecule has 1 aromatic rings. The maximum Gasteiger partial charge on any atom is 0.532 e. The topological polar surface area (TPSA) is 66.8 Å². The standard InChI is InChI=1S/C8H8BFO4/c1-14-5-2-3-7(10)6(4-5)8(11)9(12)13/h2-4,12-13H,1H3. The first kappa shape index (κ1) is 10.7. The van der Waals surface area contributed by atoms with Crippen LogP contribution in [0.15, 0.2) is 18.2 Å². The van der Waals surface area contributed by atoms with Crippen LogP contribution in [0.4, 0.5) is 4.39 Å². The van der Waals surface area contributed by atoms with Crippen molar-refractivity contribution < 1.29 is 24.0 Å². The Hall–Kier alpha value is -1.40. The summed E-state index contributed by atoms with van der Waals surface area (Å²) in [6.07, 6.45) is 0. The minimum absolute atomic E-state index is 0.274. The van der Waals surface area contributed by atoms with Gasteiger partial charge in [0.2, 0.25) is 0 Å². The van der Waals surface area contributed by atoms with E-state index >= 15 is 0 Å². The van der Waals surface area contributed by atoms with E-state index in [1.165, 1.54) is 13.2 Å². The van der Waals surface area contributed by atoms with E-state index < -0.39 is 24.2 Å². The number of hydrogen-bond acceptors (Lipinski definition) is 4. The number of hydrogen-bond donors (Lipinski definition) is 2. The molecule has 0 amide bonds. The smallest absolute Gasteiger partial charge is 0.497 e. The molecule has 0 atom stereocenters. The van der Waals surface area contributed by atoms with Gasteiger partial charge in [-0.15, -0.1) is 0 Å². The summed E-state index contributed by atoms with van der Waals surface area (Å²) in [5, 5.41) is 17.1. The second-order valence-corrected chi connectivity index (χ2v) is 2.58. The Labute approximate surface area is 80.1 Å². The van der Waals surface area contributed by atoms with Gasteiger partial charge in [-0.25, -0.2) is 4.39 Å². The third-order valence-electron chi connectivity index (χ3n) is 1.67. The molecular formula is C8H8BFO4. The average Bonchev–Trinajstić information content (AvgIpc) is 2.17. The first-order valence-electron chi connectivity index (χ1n) is 3.80. The van der Waals surface area contributed by atoms with Crippen LogP contribution in [0, 0.1) is 5.82 Å². The first-order valence-corrected chi connectivity index (χ1v) is 3.80. The molecule has 0 radical (unpaired) electrons. The van der Waals surface area contributed by atoms with Gasteiger partial charge in [-0.2, -0.15) is 0 Å². The second kappa shape index (κ2) is 4.21. The maximum absolute atomic E-state index is 13.0. The lowest BCUT2D eigenvalue weighted by Crippen LogP contribution is -2.26. The second-order valence-electron chi connectivity index (χ2n) is 2.58. The van der Waals surface area contributed by atoms with E-state index in [0.717, 1.165) is 12.1 Å². The normalized spacial score (nSPS) is 9.71. The van der Waals surface area contributed by atoms with Crippen molar-refractivity contribution in [2.45, 2.75) is 0 Å². The number of carbonyl (C=O) groups is 1. The summed E-state index contributed by atoms with van der Waals surface area (Å²) in [5.74, 6) is -0.542. The summed E-state index contributed by atoms with van der Waals surface area (Å²) in [5.41, 5.74) is -1.50. The summed E-state index contributed by atoms with van der Waals surface area (Å²) < 4.78 is 17.8. The molecule has 0 aliphatic rings. The van der Waals surface area contributed by atoms with Gasteiger partial charge in [-0.05, 0) is 18.2 Å². The van der Waals surface area contributed by atoms with Gasteiger partial charge in [0.25, 0.3) is 0 Å². The van der Waals surface area contributed by atoms with Gasteiger partial charge in [0.05, 0.1) is 12.7 Å². The fourth-order valence-electron chi connectivity index (χ4n) is 0.959. The van der Waals surface area contributed by atoms with E-state index in [4.69, 9.17) is 14.8 Å². The monoisotopic (exact) mass is 198 g/mol. The fourth-order valence-corrected chi connectivity index (χ4v) is 0.959. The van der Waals surface area contributed by atoms with Gasteiger partial charge in [0, 0.05) is 0 Å². The van der Waals surface area contributed by atoms with Crippen molar-refractivity contribution in [3.8, 4) is 5.75 Å². The van der Waals surface area contributed by atoms with Gasteiger partial charge in [0.1, 0.15) is 11.6 Å². The lowest BCUT2D eigenvalue weighted by atomic mass is 9.80.